The van der Waals surface area contributed by atoms with Crippen molar-refractivity contribution in [1.82, 2.24) is 25.5 Å². The number of nitro groups is 1. The van der Waals surface area contributed by atoms with Crippen molar-refractivity contribution in [2.75, 3.05) is 7.11 Å². The molecule has 0 bridgehead atoms. The molecule has 1 saturated carbocycles. The number of hydrogen-bond acceptors (Lipinski definition) is 8. The van der Waals surface area contributed by atoms with Crippen molar-refractivity contribution < 1.29 is 9.66 Å². The van der Waals surface area contributed by atoms with Crippen LogP contribution in [0.3, 0.4) is 0 Å². The van der Waals surface area contributed by atoms with Crippen LogP contribution in [0.25, 0.3) is 0 Å². The number of aryl methyl sites for hydroxylation is 1. The van der Waals surface area contributed by atoms with Crippen LogP contribution in [0.1, 0.15) is 62.9 Å². The Hall–Kier alpha value is -2.59. The minimum absolute atomic E-state index is 0.0273. The number of nitrogens with two attached hydrogens (primary N) is 1. The van der Waals surface area contributed by atoms with Gasteiger partial charge in [-0.3, -0.25) is 15.4 Å². The number of nitrogens with zero attached hydrogens (tertiary/aromatic N) is 5. The van der Waals surface area contributed by atoms with E-state index in [1.165, 1.54) is 13.2 Å². The SMILES string of the molecule is CCCCn1nnnc1C(NC1CCCCC1N)c1ccc(OC)c([N+](=O)[O-])c1. The fourth-order valence-electron chi connectivity index (χ4n) is 3.82. The minimum Gasteiger partial charge on any atom is -0.490 e. The second-order valence-electron chi connectivity index (χ2n) is 7.46. The van der Waals surface area contributed by atoms with E-state index in [1.807, 2.05) is 6.07 Å². The number of ether oxygens (including phenoxy) is 1. The van der Waals surface area contributed by atoms with Crippen LogP contribution in [-0.4, -0.2) is 44.3 Å². The van der Waals surface area contributed by atoms with Gasteiger partial charge < -0.3 is 10.5 Å². The molecule has 1 heterocycles. The van der Waals surface area contributed by atoms with Crippen LogP contribution in [0.15, 0.2) is 18.2 Å². The number of unbranched alkanes of at least 4 members (excludes halogenated alkanes) is 1. The highest BCUT2D eigenvalue weighted by Crippen LogP contribution is 2.32. The zero-order chi connectivity index (χ0) is 20.8. The molecule has 1 aliphatic carbocycles. The van der Waals surface area contributed by atoms with Gasteiger partial charge in [-0.1, -0.05) is 32.3 Å². The molecule has 3 N–H and O–H groups in total. The first kappa shape index (κ1) is 21.1. The lowest BCUT2D eigenvalue weighted by molar-refractivity contribution is -0.385. The van der Waals surface area contributed by atoms with Crippen LogP contribution in [0.2, 0.25) is 0 Å². The molecule has 3 rings (SSSR count). The normalized spacial score (nSPS) is 20.4. The number of methoxy groups -OCH3 is 1. The van der Waals surface area contributed by atoms with Crippen LogP contribution in [0.4, 0.5) is 5.69 Å². The number of benzene rings is 1. The topological polar surface area (TPSA) is 134 Å². The molecule has 0 saturated heterocycles. The summed E-state index contributed by atoms with van der Waals surface area (Å²) in [7, 11) is 1.42. The van der Waals surface area contributed by atoms with Crippen LogP contribution in [0, 0.1) is 10.1 Å². The average molecular weight is 403 g/mol. The smallest absolute Gasteiger partial charge is 0.311 e. The van der Waals surface area contributed by atoms with Gasteiger partial charge in [0, 0.05) is 24.7 Å². The van der Waals surface area contributed by atoms with Gasteiger partial charge in [-0.2, -0.15) is 0 Å². The summed E-state index contributed by atoms with van der Waals surface area (Å²) < 4.78 is 6.92. The first-order valence-electron chi connectivity index (χ1n) is 10.1. The van der Waals surface area contributed by atoms with Crippen LogP contribution < -0.4 is 15.8 Å². The van der Waals surface area contributed by atoms with E-state index in [1.54, 1.807) is 10.7 Å². The highest BCUT2D eigenvalue weighted by atomic mass is 16.6. The largest absolute Gasteiger partial charge is 0.490 e. The van der Waals surface area contributed by atoms with Gasteiger partial charge in [0.05, 0.1) is 18.1 Å². The summed E-state index contributed by atoms with van der Waals surface area (Å²) in [6.07, 6.45) is 6.07. The average Bonchev–Trinajstić information content (AvgIpc) is 3.19. The van der Waals surface area contributed by atoms with E-state index in [2.05, 4.69) is 27.8 Å². The van der Waals surface area contributed by atoms with E-state index in [9.17, 15) is 10.1 Å². The van der Waals surface area contributed by atoms with E-state index in [-0.39, 0.29) is 23.5 Å². The molecule has 1 aromatic carbocycles. The maximum Gasteiger partial charge on any atom is 0.311 e. The van der Waals surface area contributed by atoms with Gasteiger partial charge in [0.15, 0.2) is 11.6 Å². The van der Waals surface area contributed by atoms with Gasteiger partial charge >= 0.3 is 5.69 Å². The molecule has 1 fully saturated rings. The summed E-state index contributed by atoms with van der Waals surface area (Å²) in [4.78, 5) is 11.1. The molecule has 1 aromatic heterocycles. The first-order valence-corrected chi connectivity index (χ1v) is 10.1. The van der Waals surface area contributed by atoms with Crippen LogP contribution >= 0.6 is 0 Å². The lowest BCUT2D eigenvalue weighted by Gasteiger charge is -2.33. The maximum absolute atomic E-state index is 11.5. The third-order valence-electron chi connectivity index (χ3n) is 5.47. The van der Waals surface area contributed by atoms with Crippen molar-refractivity contribution in [3.63, 3.8) is 0 Å². The molecule has 158 valence electrons. The molecule has 3 unspecified atom stereocenters. The van der Waals surface area contributed by atoms with Gasteiger partial charge in [-0.25, -0.2) is 4.68 Å². The lowest BCUT2D eigenvalue weighted by Crippen LogP contribution is -2.49. The van der Waals surface area contributed by atoms with E-state index in [0.29, 0.717) is 17.9 Å². The van der Waals surface area contributed by atoms with E-state index < -0.39 is 11.0 Å². The van der Waals surface area contributed by atoms with Crippen molar-refractivity contribution in [2.24, 2.45) is 5.73 Å². The van der Waals surface area contributed by atoms with Gasteiger partial charge in [0.1, 0.15) is 0 Å². The Morgan fingerprint density at radius 3 is 2.90 bits per heavy atom. The monoisotopic (exact) mass is 403 g/mol. The number of rotatable bonds is 9. The quantitative estimate of drug-likeness (QED) is 0.481. The summed E-state index contributed by atoms with van der Waals surface area (Å²) in [5, 5.41) is 27.4. The van der Waals surface area contributed by atoms with Crippen molar-refractivity contribution in [2.45, 2.75) is 70.1 Å². The van der Waals surface area contributed by atoms with Crippen LogP contribution in [-0.2, 0) is 6.54 Å². The lowest BCUT2D eigenvalue weighted by atomic mass is 9.89. The molecule has 0 amide bonds. The van der Waals surface area contributed by atoms with Crippen molar-refractivity contribution in [3.8, 4) is 5.75 Å². The Balaban J connectivity index is 2.00. The second kappa shape index (κ2) is 9.75. The number of nitro benzene ring substituents is 1. The Morgan fingerprint density at radius 2 is 2.21 bits per heavy atom. The van der Waals surface area contributed by atoms with E-state index >= 15 is 0 Å². The fraction of sp³-hybridized carbons (Fsp3) is 0.632. The summed E-state index contributed by atoms with van der Waals surface area (Å²) in [6.45, 7) is 2.79. The Morgan fingerprint density at radius 1 is 1.41 bits per heavy atom. The second-order valence-corrected chi connectivity index (χ2v) is 7.46. The summed E-state index contributed by atoms with van der Waals surface area (Å²) >= 11 is 0. The molecule has 0 aliphatic heterocycles. The molecule has 29 heavy (non-hydrogen) atoms. The molecule has 1 aliphatic rings. The highest BCUT2D eigenvalue weighted by Gasteiger charge is 2.30. The fourth-order valence-corrected chi connectivity index (χ4v) is 3.82. The zero-order valence-corrected chi connectivity index (χ0v) is 17.0. The van der Waals surface area contributed by atoms with Gasteiger partial charge in [0.2, 0.25) is 0 Å². The molecule has 10 heteroatoms. The third-order valence-corrected chi connectivity index (χ3v) is 5.47. The number of aromatic nitrogens is 4. The summed E-state index contributed by atoms with van der Waals surface area (Å²) in [5.41, 5.74) is 6.98. The van der Waals surface area contributed by atoms with Gasteiger partial charge in [-0.05, 0) is 41.3 Å². The summed E-state index contributed by atoms with van der Waals surface area (Å²) in [6, 6.07) is 4.68. The molecular formula is C19H29N7O3. The predicted molar refractivity (Wildman–Crippen MR) is 108 cm³/mol. The maximum atomic E-state index is 11.5. The standard InChI is InChI=1S/C19H29N7O3/c1-3-4-11-25-19(22-23-24-25)18(21-15-8-6-5-7-14(15)20)13-9-10-17(29-2)16(12-13)26(27)28/h9-10,12,14-15,18,21H,3-8,11,20H2,1-2H3. The Labute approximate surface area is 170 Å². The Bertz CT molecular complexity index is 826. The van der Waals surface area contributed by atoms with Crippen molar-refractivity contribution >= 4 is 5.69 Å². The van der Waals surface area contributed by atoms with Crippen molar-refractivity contribution in [3.05, 3.63) is 39.7 Å². The Kier molecular flexibility index (Phi) is 7.10. The van der Waals surface area contributed by atoms with Crippen LogP contribution in [0.5, 0.6) is 5.75 Å². The number of hydrogen-bond donors (Lipinski definition) is 2. The zero-order valence-electron chi connectivity index (χ0n) is 17.0. The molecule has 0 spiro atoms. The molecule has 0 radical (unpaired) electrons. The summed E-state index contributed by atoms with van der Waals surface area (Å²) in [5.74, 6) is 0.855. The molecule has 3 atom stereocenters. The highest BCUT2D eigenvalue weighted by molar-refractivity contribution is 5.50. The van der Waals surface area contributed by atoms with Gasteiger partial charge in [0.25, 0.3) is 0 Å². The van der Waals surface area contributed by atoms with E-state index in [0.717, 1.165) is 38.5 Å². The molecule has 10 nitrogen and oxygen atoms in total. The van der Waals surface area contributed by atoms with Crippen molar-refractivity contribution in [1.29, 1.82) is 0 Å². The minimum atomic E-state index is -0.439. The predicted octanol–water partition coefficient (Wildman–Crippen LogP) is 2.34. The molecular weight excluding hydrogens is 374 g/mol. The number of tetrazole rings is 1. The number of nitrogens with one attached hydrogen (secondary N) is 1. The van der Waals surface area contributed by atoms with Gasteiger partial charge in [-0.15, -0.1) is 5.10 Å². The molecule has 2 aromatic rings. The third kappa shape index (κ3) is 4.88. The first-order chi connectivity index (χ1) is 14.0. The van der Waals surface area contributed by atoms with E-state index in [4.69, 9.17) is 10.5 Å².